The number of thiophene rings is 1. The standard InChI is InChI=1S/C10H14N2OS2/c1-6(2)8(9(11)14)12-10(13)7-4-3-5-15-7/h3-6,8H,1-2H3,(H2,11,14)(H,12,13). The zero-order chi connectivity index (χ0) is 11.4. The zero-order valence-corrected chi connectivity index (χ0v) is 10.3. The fourth-order valence-corrected chi connectivity index (χ4v) is 2.14. The van der Waals surface area contributed by atoms with Crippen molar-refractivity contribution in [2.45, 2.75) is 19.9 Å². The van der Waals surface area contributed by atoms with Gasteiger partial charge in [0, 0.05) is 0 Å². The molecule has 0 aliphatic rings. The van der Waals surface area contributed by atoms with E-state index in [0.29, 0.717) is 9.87 Å². The van der Waals surface area contributed by atoms with Crippen molar-refractivity contribution in [1.82, 2.24) is 5.32 Å². The second kappa shape index (κ2) is 5.23. The van der Waals surface area contributed by atoms with Crippen LogP contribution in [0.3, 0.4) is 0 Å². The highest BCUT2D eigenvalue weighted by atomic mass is 32.1. The molecule has 1 amide bonds. The van der Waals surface area contributed by atoms with E-state index < -0.39 is 0 Å². The Hall–Kier alpha value is -0.940. The van der Waals surface area contributed by atoms with E-state index in [1.807, 2.05) is 25.3 Å². The number of amides is 1. The summed E-state index contributed by atoms with van der Waals surface area (Å²) >= 11 is 6.31. The van der Waals surface area contributed by atoms with Crippen molar-refractivity contribution in [1.29, 1.82) is 0 Å². The van der Waals surface area contributed by atoms with Crippen LogP contribution in [0.15, 0.2) is 17.5 Å². The van der Waals surface area contributed by atoms with E-state index in [4.69, 9.17) is 18.0 Å². The number of rotatable bonds is 4. The summed E-state index contributed by atoms with van der Waals surface area (Å²) in [7, 11) is 0. The summed E-state index contributed by atoms with van der Waals surface area (Å²) in [6, 6.07) is 3.37. The molecule has 0 radical (unpaired) electrons. The first-order valence-corrected chi connectivity index (χ1v) is 5.95. The van der Waals surface area contributed by atoms with Crippen molar-refractivity contribution in [3.63, 3.8) is 0 Å². The zero-order valence-electron chi connectivity index (χ0n) is 8.69. The maximum atomic E-state index is 11.7. The lowest BCUT2D eigenvalue weighted by atomic mass is 10.0. The molecule has 15 heavy (non-hydrogen) atoms. The minimum atomic E-state index is -0.241. The molecule has 0 aliphatic carbocycles. The average Bonchev–Trinajstić information content (AvgIpc) is 2.65. The number of hydrogen-bond donors (Lipinski definition) is 2. The van der Waals surface area contributed by atoms with Gasteiger partial charge in [-0.15, -0.1) is 11.3 Å². The first kappa shape index (κ1) is 12.1. The molecule has 3 nitrogen and oxygen atoms in total. The van der Waals surface area contributed by atoms with Gasteiger partial charge in [-0.05, 0) is 17.4 Å². The van der Waals surface area contributed by atoms with Gasteiger partial charge in [-0.2, -0.15) is 0 Å². The molecule has 1 rings (SSSR count). The van der Waals surface area contributed by atoms with Crippen LogP contribution < -0.4 is 11.1 Å². The van der Waals surface area contributed by atoms with Crippen molar-refractivity contribution in [2.24, 2.45) is 11.7 Å². The average molecular weight is 242 g/mol. The van der Waals surface area contributed by atoms with Crippen LogP contribution in [0.1, 0.15) is 23.5 Å². The van der Waals surface area contributed by atoms with Crippen LogP contribution in [0.2, 0.25) is 0 Å². The Labute approximate surface area is 98.7 Å². The van der Waals surface area contributed by atoms with Gasteiger partial charge in [0.2, 0.25) is 0 Å². The smallest absolute Gasteiger partial charge is 0.261 e. The largest absolute Gasteiger partial charge is 0.392 e. The van der Waals surface area contributed by atoms with E-state index in [-0.39, 0.29) is 17.9 Å². The molecule has 82 valence electrons. The molecule has 0 bridgehead atoms. The lowest BCUT2D eigenvalue weighted by molar-refractivity contribution is 0.0944. The molecule has 0 aromatic carbocycles. The molecule has 0 spiro atoms. The number of carbonyl (C=O) groups is 1. The number of nitrogens with two attached hydrogens (primary N) is 1. The van der Waals surface area contributed by atoms with Crippen molar-refractivity contribution in [3.05, 3.63) is 22.4 Å². The lowest BCUT2D eigenvalue weighted by Crippen LogP contribution is -2.46. The Morgan fingerprint density at radius 3 is 2.67 bits per heavy atom. The highest BCUT2D eigenvalue weighted by Gasteiger charge is 2.19. The predicted molar refractivity (Wildman–Crippen MR) is 67.2 cm³/mol. The molecule has 0 aliphatic heterocycles. The van der Waals surface area contributed by atoms with Crippen LogP contribution in [0.4, 0.5) is 0 Å². The van der Waals surface area contributed by atoms with Gasteiger partial charge in [-0.25, -0.2) is 0 Å². The molecule has 5 heteroatoms. The second-order valence-electron chi connectivity index (χ2n) is 3.57. The maximum absolute atomic E-state index is 11.7. The van der Waals surface area contributed by atoms with Gasteiger partial charge in [0.25, 0.3) is 5.91 Å². The van der Waals surface area contributed by atoms with Crippen LogP contribution in [0, 0.1) is 5.92 Å². The Kier molecular flexibility index (Phi) is 4.23. The Balaban J connectivity index is 2.67. The summed E-state index contributed by atoms with van der Waals surface area (Å²) in [6.45, 7) is 3.94. The second-order valence-corrected chi connectivity index (χ2v) is 4.99. The highest BCUT2D eigenvalue weighted by molar-refractivity contribution is 7.80. The van der Waals surface area contributed by atoms with E-state index in [1.54, 1.807) is 6.07 Å². The van der Waals surface area contributed by atoms with Crippen LogP contribution in [-0.4, -0.2) is 16.9 Å². The Morgan fingerprint density at radius 1 is 1.60 bits per heavy atom. The molecule has 1 heterocycles. The van der Waals surface area contributed by atoms with Gasteiger partial charge in [-0.1, -0.05) is 32.1 Å². The SMILES string of the molecule is CC(C)C(NC(=O)c1cccs1)C(N)=S. The summed E-state index contributed by atoms with van der Waals surface area (Å²) in [5.74, 6) is 0.0860. The van der Waals surface area contributed by atoms with Crippen molar-refractivity contribution in [2.75, 3.05) is 0 Å². The van der Waals surface area contributed by atoms with E-state index >= 15 is 0 Å². The monoisotopic (exact) mass is 242 g/mol. The number of thiocarbonyl (C=S) groups is 1. The van der Waals surface area contributed by atoms with Gasteiger partial charge in [0.1, 0.15) is 0 Å². The third-order valence-corrected chi connectivity index (χ3v) is 3.13. The van der Waals surface area contributed by atoms with Crippen LogP contribution in [0.5, 0.6) is 0 Å². The van der Waals surface area contributed by atoms with Gasteiger partial charge < -0.3 is 11.1 Å². The first-order valence-electron chi connectivity index (χ1n) is 4.66. The van der Waals surface area contributed by atoms with Crippen molar-refractivity contribution >= 4 is 34.5 Å². The van der Waals surface area contributed by atoms with Crippen LogP contribution in [0.25, 0.3) is 0 Å². The van der Waals surface area contributed by atoms with Gasteiger partial charge in [0.05, 0.1) is 15.9 Å². The molecule has 0 saturated heterocycles. The molecule has 1 atom stereocenters. The van der Waals surface area contributed by atoms with E-state index in [9.17, 15) is 4.79 Å². The molecule has 3 N–H and O–H groups in total. The summed E-state index contributed by atoms with van der Waals surface area (Å²) in [4.78, 5) is 12.7. The third-order valence-electron chi connectivity index (χ3n) is 2.00. The maximum Gasteiger partial charge on any atom is 0.261 e. The summed E-state index contributed by atoms with van der Waals surface area (Å²) < 4.78 is 0. The van der Waals surface area contributed by atoms with Crippen molar-refractivity contribution < 1.29 is 4.79 Å². The minimum absolute atomic E-state index is 0.114. The first-order chi connectivity index (χ1) is 7.02. The number of nitrogens with one attached hydrogen (secondary N) is 1. The van der Waals surface area contributed by atoms with Crippen LogP contribution >= 0.6 is 23.6 Å². The fourth-order valence-electron chi connectivity index (χ4n) is 1.19. The predicted octanol–water partition coefficient (Wildman–Crippen LogP) is 1.79. The Bertz CT molecular complexity index is 346. The third kappa shape index (κ3) is 3.28. The minimum Gasteiger partial charge on any atom is -0.392 e. The topological polar surface area (TPSA) is 55.1 Å². The van der Waals surface area contributed by atoms with Gasteiger partial charge >= 0.3 is 0 Å². The Morgan fingerprint density at radius 2 is 2.27 bits per heavy atom. The molecule has 1 aromatic rings. The molecule has 0 saturated carbocycles. The molecular formula is C10H14N2OS2. The molecular weight excluding hydrogens is 228 g/mol. The van der Waals surface area contributed by atoms with Gasteiger partial charge in [0.15, 0.2) is 0 Å². The number of hydrogen-bond acceptors (Lipinski definition) is 3. The van der Waals surface area contributed by atoms with Gasteiger partial charge in [-0.3, -0.25) is 4.79 Å². The summed E-state index contributed by atoms with van der Waals surface area (Å²) in [6.07, 6.45) is 0. The fraction of sp³-hybridized carbons (Fsp3) is 0.400. The quantitative estimate of drug-likeness (QED) is 0.791. The summed E-state index contributed by atoms with van der Waals surface area (Å²) in [5.41, 5.74) is 5.56. The van der Waals surface area contributed by atoms with Crippen LogP contribution in [-0.2, 0) is 0 Å². The normalized spacial score (nSPS) is 12.5. The lowest BCUT2D eigenvalue weighted by Gasteiger charge is -2.20. The summed E-state index contributed by atoms with van der Waals surface area (Å²) in [5, 5.41) is 4.68. The molecule has 1 unspecified atom stereocenters. The number of carbonyl (C=O) groups excluding carboxylic acids is 1. The van der Waals surface area contributed by atoms with E-state index in [2.05, 4.69) is 5.32 Å². The van der Waals surface area contributed by atoms with E-state index in [0.717, 1.165) is 0 Å². The molecule has 1 aromatic heterocycles. The highest BCUT2D eigenvalue weighted by Crippen LogP contribution is 2.10. The molecule has 0 fully saturated rings. The van der Waals surface area contributed by atoms with E-state index in [1.165, 1.54) is 11.3 Å². The van der Waals surface area contributed by atoms with Crippen molar-refractivity contribution in [3.8, 4) is 0 Å².